The number of hydrogen-bond donors (Lipinski definition) is 4. The highest BCUT2D eigenvalue weighted by Crippen LogP contribution is 2.32. The first-order valence-electron chi connectivity index (χ1n) is 10.7. The lowest BCUT2D eigenvalue weighted by atomic mass is 9.95. The third-order valence-corrected chi connectivity index (χ3v) is 5.55. The molecule has 0 spiro atoms. The molecule has 34 heavy (non-hydrogen) atoms. The summed E-state index contributed by atoms with van der Waals surface area (Å²) in [6.07, 6.45) is -0.385. The monoisotopic (exact) mass is 463 g/mol. The van der Waals surface area contributed by atoms with Crippen molar-refractivity contribution in [3.63, 3.8) is 0 Å². The molecule has 1 unspecified atom stereocenters. The molecule has 6 nitrogen and oxygen atoms in total. The van der Waals surface area contributed by atoms with Crippen molar-refractivity contribution in [3.05, 3.63) is 116 Å². The van der Waals surface area contributed by atoms with Gasteiger partial charge in [-0.05, 0) is 43.2 Å². The van der Waals surface area contributed by atoms with Crippen molar-refractivity contribution in [2.75, 3.05) is 10.6 Å². The highest BCUT2D eigenvalue weighted by atomic mass is 19.2. The Morgan fingerprint density at radius 2 is 1.59 bits per heavy atom. The molecule has 0 aliphatic heterocycles. The van der Waals surface area contributed by atoms with E-state index < -0.39 is 34.3 Å². The molecule has 4 rings (SSSR count). The Kier molecular flexibility index (Phi) is 6.43. The lowest BCUT2D eigenvalue weighted by Gasteiger charge is -2.28. The fourth-order valence-electron chi connectivity index (χ4n) is 3.74. The molecule has 0 radical (unpaired) electrons. The summed E-state index contributed by atoms with van der Waals surface area (Å²) >= 11 is 0. The molecule has 0 saturated carbocycles. The zero-order valence-corrected chi connectivity index (χ0v) is 18.5. The van der Waals surface area contributed by atoms with Crippen LogP contribution in [0.15, 0.2) is 76.3 Å². The Morgan fingerprint density at radius 1 is 0.882 bits per heavy atom. The molecule has 4 aromatic rings. The summed E-state index contributed by atoms with van der Waals surface area (Å²) in [5.74, 6) is -2.46. The smallest absolute Gasteiger partial charge is 0.271 e. The van der Waals surface area contributed by atoms with Gasteiger partial charge in [0.15, 0.2) is 17.4 Å². The number of benzene rings is 3. The number of anilines is 3. The third kappa shape index (κ3) is 4.67. The SMILES string of the molecule is Cc1ccc(C(N[C@@H](C)Nc2ccc(F)c(F)c2)c2ccccc2Nc2c(O)c(=O)c2=O)cc1. The molecule has 0 bridgehead atoms. The summed E-state index contributed by atoms with van der Waals surface area (Å²) in [7, 11) is 0. The summed E-state index contributed by atoms with van der Waals surface area (Å²) < 4.78 is 26.9. The lowest BCUT2D eigenvalue weighted by Crippen LogP contribution is -2.37. The maximum absolute atomic E-state index is 13.6. The second-order valence-corrected chi connectivity index (χ2v) is 8.10. The molecule has 0 amide bonds. The second kappa shape index (κ2) is 9.44. The van der Waals surface area contributed by atoms with Gasteiger partial charge >= 0.3 is 0 Å². The van der Waals surface area contributed by atoms with E-state index in [9.17, 15) is 23.5 Å². The highest BCUT2D eigenvalue weighted by Gasteiger charge is 2.24. The minimum Gasteiger partial charge on any atom is -0.502 e. The molecule has 0 aliphatic carbocycles. The molecular formula is C26H23F2N3O3. The van der Waals surface area contributed by atoms with E-state index in [1.165, 1.54) is 6.07 Å². The summed E-state index contributed by atoms with van der Waals surface area (Å²) in [5, 5.41) is 19.2. The van der Waals surface area contributed by atoms with Crippen molar-refractivity contribution >= 4 is 17.1 Å². The highest BCUT2D eigenvalue weighted by molar-refractivity contribution is 5.72. The summed E-state index contributed by atoms with van der Waals surface area (Å²) in [5.41, 5.74) is 1.83. The summed E-state index contributed by atoms with van der Waals surface area (Å²) in [4.78, 5) is 23.3. The van der Waals surface area contributed by atoms with Gasteiger partial charge in [-0.15, -0.1) is 0 Å². The number of aromatic hydroxyl groups is 1. The Bertz CT molecular complexity index is 1400. The van der Waals surface area contributed by atoms with Gasteiger partial charge in [0.2, 0.25) is 0 Å². The molecule has 4 aromatic carbocycles. The predicted molar refractivity (Wildman–Crippen MR) is 128 cm³/mol. The maximum atomic E-state index is 13.6. The third-order valence-electron chi connectivity index (χ3n) is 5.55. The van der Waals surface area contributed by atoms with Gasteiger partial charge in [-0.3, -0.25) is 14.9 Å². The second-order valence-electron chi connectivity index (χ2n) is 8.10. The van der Waals surface area contributed by atoms with Crippen molar-refractivity contribution in [1.82, 2.24) is 5.32 Å². The zero-order chi connectivity index (χ0) is 24.4. The van der Waals surface area contributed by atoms with Crippen LogP contribution in [0.2, 0.25) is 0 Å². The summed E-state index contributed by atoms with van der Waals surface area (Å²) in [6.45, 7) is 3.81. The maximum Gasteiger partial charge on any atom is 0.271 e. The van der Waals surface area contributed by atoms with Crippen LogP contribution in [0.3, 0.4) is 0 Å². The van der Waals surface area contributed by atoms with E-state index in [-0.39, 0.29) is 11.9 Å². The van der Waals surface area contributed by atoms with Crippen LogP contribution in [0.4, 0.5) is 25.8 Å². The van der Waals surface area contributed by atoms with Gasteiger partial charge in [-0.2, -0.15) is 0 Å². The van der Waals surface area contributed by atoms with E-state index in [1.54, 1.807) is 12.1 Å². The number of para-hydroxylation sites is 1. The average Bonchev–Trinajstić information content (AvgIpc) is 2.83. The molecule has 0 aromatic heterocycles. The predicted octanol–water partition coefficient (Wildman–Crippen LogP) is 4.46. The van der Waals surface area contributed by atoms with Crippen LogP contribution in [-0.4, -0.2) is 11.3 Å². The Labute approximate surface area is 194 Å². The molecule has 8 heteroatoms. The number of aryl methyl sites for hydroxylation is 1. The molecule has 0 fully saturated rings. The van der Waals surface area contributed by atoms with Gasteiger partial charge in [0.05, 0.1) is 12.2 Å². The van der Waals surface area contributed by atoms with E-state index in [4.69, 9.17) is 0 Å². The van der Waals surface area contributed by atoms with Crippen molar-refractivity contribution in [2.24, 2.45) is 0 Å². The van der Waals surface area contributed by atoms with Crippen LogP contribution in [0.5, 0.6) is 5.75 Å². The summed E-state index contributed by atoms with van der Waals surface area (Å²) in [6, 6.07) is 18.2. The minimum absolute atomic E-state index is 0.145. The first-order chi connectivity index (χ1) is 16.2. The van der Waals surface area contributed by atoms with Crippen LogP contribution in [0.25, 0.3) is 0 Å². The van der Waals surface area contributed by atoms with E-state index in [2.05, 4.69) is 16.0 Å². The standard InChI is InChI=1S/C26H23F2N3O3/c1-14-7-9-16(10-8-14)22(30-15(2)29-17-11-12-19(27)20(28)13-17)18-5-3-4-6-21(18)31-23-24(32)26(34)25(23)33/h3-13,15,22,29-32H,1-2H3/t15-,22?/m0/s1. The van der Waals surface area contributed by atoms with Crippen LogP contribution < -0.4 is 26.8 Å². The quantitative estimate of drug-likeness (QED) is 0.228. The molecule has 4 N–H and O–H groups in total. The number of halogens is 2. The zero-order valence-electron chi connectivity index (χ0n) is 18.5. The van der Waals surface area contributed by atoms with Gasteiger partial charge in [0, 0.05) is 17.4 Å². The van der Waals surface area contributed by atoms with Gasteiger partial charge in [0.1, 0.15) is 5.69 Å². The van der Waals surface area contributed by atoms with E-state index >= 15 is 0 Å². The van der Waals surface area contributed by atoms with Crippen molar-refractivity contribution in [2.45, 2.75) is 26.1 Å². The van der Waals surface area contributed by atoms with Crippen LogP contribution in [0.1, 0.15) is 29.7 Å². The van der Waals surface area contributed by atoms with Crippen molar-refractivity contribution < 1.29 is 13.9 Å². The molecular weight excluding hydrogens is 440 g/mol. The molecule has 0 aliphatic rings. The fraction of sp³-hybridized carbons (Fsp3) is 0.154. The Morgan fingerprint density at radius 3 is 2.26 bits per heavy atom. The van der Waals surface area contributed by atoms with Crippen LogP contribution in [-0.2, 0) is 0 Å². The van der Waals surface area contributed by atoms with Gasteiger partial charge in [-0.25, -0.2) is 8.78 Å². The largest absolute Gasteiger partial charge is 0.502 e. The molecule has 0 saturated heterocycles. The van der Waals surface area contributed by atoms with Crippen LogP contribution >= 0.6 is 0 Å². The van der Waals surface area contributed by atoms with Gasteiger partial charge in [0.25, 0.3) is 10.9 Å². The first-order valence-corrected chi connectivity index (χ1v) is 10.7. The van der Waals surface area contributed by atoms with Crippen LogP contribution in [0, 0.1) is 18.6 Å². The van der Waals surface area contributed by atoms with Crippen molar-refractivity contribution in [1.29, 1.82) is 0 Å². The minimum atomic E-state index is -0.949. The normalized spacial score (nSPS) is 12.9. The number of hydrogen-bond acceptors (Lipinski definition) is 6. The Balaban J connectivity index is 1.67. The van der Waals surface area contributed by atoms with E-state index in [0.717, 1.165) is 28.8 Å². The van der Waals surface area contributed by atoms with Crippen molar-refractivity contribution in [3.8, 4) is 5.75 Å². The van der Waals surface area contributed by atoms with E-state index in [0.29, 0.717) is 11.4 Å². The van der Waals surface area contributed by atoms with Gasteiger partial charge in [-0.1, -0.05) is 48.0 Å². The first kappa shape index (κ1) is 23.1. The topological polar surface area (TPSA) is 90.5 Å². The Hall–Kier alpha value is -4.04. The van der Waals surface area contributed by atoms with Gasteiger partial charge < -0.3 is 15.7 Å². The number of nitrogens with one attached hydrogen (secondary N) is 3. The average molecular weight is 463 g/mol. The van der Waals surface area contributed by atoms with E-state index in [1.807, 2.05) is 50.2 Å². The molecule has 0 heterocycles. The molecule has 174 valence electrons. The fourth-order valence-corrected chi connectivity index (χ4v) is 3.74. The lowest BCUT2D eigenvalue weighted by molar-refractivity contribution is 0.466. The molecule has 2 atom stereocenters. The number of rotatable bonds is 8.